The molecule has 3 rings (SSSR count). The van der Waals surface area contributed by atoms with Crippen LogP contribution in [0.4, 0.5) is 0 Å². The first-order valence-electron chi connectivity index (χ1n) is 5.80. The minimum atomic E-state index is 0.412. The first kappa shape index (κ1) is 9.65. The summed E-state index contributed by atoms with van der Waals surface area (Å²) in [6, 6.07) is 13.1. The molecule has 2 unspecified atom stereocenters. The Morgan fingerprint density at radius 2 is 1.88 bits per heavy atom. The van der Waals surface area contributed by atoms with Crippen LogP contribution in [0.25, 0.3) is 16.8 Å². The molecule has 0 bridgehead atoms. The lowest BCUT2D eigenvalue weighted by molar-refractivity contribution is 0.642. The van der Waals surface area contributed by atoms with E-state index in [4.69, 9.17) is 0 Å². The predicted molar refractivity (Wildman–Crippen MR) is 70.2 cm³/mol. The fourth-order valence-electron chi connectivity index (χ4n) is 2.62. The van der Waals surface area contributed by atoms with Crippen LogP contribution in [0.2, 0.25) is 0 Å². The van der Waals surface area contributed by atoms with E-state index in [2.05, 4.69) is 62.4 Å². The highest BCUT2D eigenvalue weighted by Crippen LogP contribution is 2.37. The fourth-order valence-corrected chi connectivity index (χ4v) is 2.62. The second-order valence-electron chi connectivity index (χ2n) is 4.65. The molecule has 0 aromatic heterocycles. The van der Waals surface area contributed by atoms with Crippen LogP contribution >= 0.6 is 0 Å². The molecule has 0 spiro atoms. The van der Waals surface area contributed by atoms with Gasteiger partial charge >= 0.3 is 0 Å². The van der Waals surface area contributed by atoms with E-state index >= 15 is 0 Å². The third-order valence-corrected chi connectivity index (χ3v) is 3.42. The minimum Gasteiger partial charge on any atom is -0.0761 e. The summed E-state index contributed by atoms with van der Waals surface area (Å²) in [5, 5.41) is 2.75. The van der Waals surface area contributed by atoms with Gasteiger partial charge in [0.25, 0.3) is 0 Å². The minimum absolute atomic E-state index is 0.412. The average Bonchev–Trinajstić information content (AvgIpc) is 2.30. The van der Waals surface area contributed by atoms with Crippen molar-refractivity contribution in [3.8, 4) is 0 Å². The van der Waals surface area contributed by atoms with Gasteiger partial charge in [-0.3, -0.25) is 0 Å². The number of benzene rings is 2. The summed E-state index contributed by atoms with van der Waals surface area (Å²) < 4.78 is 0. The molecule has 0 nitrogen and oxygen atoms in total. The number of rotatable bonds is 1. The quantitative estimate of drug-likeness (QED) is 0.649. The van der Waals surface area contributed by atoms with Gasteiger partial charge in [-0.05, 0) is 34.7 Å². The predicted octanol–water partition coefficient (Wildman–Crippen LogP) is 4.42. The van der Waals surface area contributed by atoms with E-state index < -0.39 is 0 Å². The van der Waals surface area contributed by atoms with Crippen molar-refractivity contribution >= 4 is 16.8 Å². The van der Waals surface area contributed by atoms with Crippen LogP contribution < -0.4 is 0 Å². The van der Waals surface area contributed by atoms with E-state index in [0.717, 1.165) is 0 Å². The molecule has 0 saturated heterocycles. The molecular formula is C16H15. The summed E-state index contributed by atoms with van der Waals surface area (Å²) in [6.45, 7) is 6.35. The average molecular weight is 207 g/mol. The molecule has 0 aliphatic heterocycles. The maximum atomic E-state index is 4.17. The lowest BCUT2D eigenvalue weighted by Crippen LogP contribution is -2.07. The Morgan fingerprint density at radius 3 is 2.62 bits per heavy atom. The van der Waals surface area contributed by atoms with Crippen molar-refractivity contribution in [3.63, 3.8) is 0 Å². The molecule has 1 aliphatic rings. The molecule has 2 atom stereocenters. The van der Waals surface area contributed by atoms with E-state index in [-0.39, 0.29) is 0 Å². The van der Waals surface area contributed by atoms with Crippen LogP contribution in [0.5, 0.6) is 0 Å². The van der Waals surface area contributed by atoms with Crippen molar-refractivity contribution in [2.45, 2.75) is 12.8 Å². The van der Waals surface area contributed by atoms with Crippen LogP contribution in [0.1, 0.15) is 24.0 Å². The van der Waals surface area contributed by atoms with Gasteiger partial charge in [0.05, 0.1) is 0 Å². The van der Waals surface area contributed by atoms with Crippen LogP contribution in [-0.2, 0) is 0 Å². The maximum Gasteiger partial charge on any atom is 0.00533 e. The summed E-state index contributed by atoms with van der Waals surface area (Å²) in [7, 11) is 0. The van der Waals surface area contributed by atoms with Crippen LogP contribution in [-0.4, -0.2) is 0 Å². The zero-order valence-corrected chi connectivity index (χ0v) is 9.48. The van der Waals surface area contributed by atoms with Crippen molar-refractivity contribution in [3.05, 3.63) is 60.5 Å². The van der Waals surface area contributed by atoms with Crippen LogP contribution in [0.3, 0.4) is 0 Å². The van der Waals surface area contributed by atoms with Gasteiger partial charge in [-0.25, -0.2) is 0 Å². The molecule has 1 aliphatic carbocycles. The lowest BCUT2D eigenvalue weighted by Gasteiger charge is -2.24. The zero-order valence-electron chi connectivity index (χ0n) is 9.48. The van der Waals surface area contributed by atoms with Gasteiger partial charge in [-0.2, -0.15) is 0 Å². The second kappa shape index (κ2) is 3.48. The molecule has 1 radical (unpaired) electrons. The number of hydrogen-bond donors (Lipinski definition) is 0. The summed E-state index contributed by atoms with van der Waals surface area (Å²) in [6.07, 6.45) is 4.52. The highest BCUT2D eigenvalue weighted by atomic mass is 14.2. The Balaban J connectivity index is 2.36. The first-order valence-corrected chi connectivity index (χ1v) is 5.80. The molecule has 0 saturated carbocycles. The first-order chi connectivity index (χ1) is 7.77. The molecule has 0 heteroatoms. The van der Waals surface area contributed by atoms with Gasteiger partial charge in [-0.15, -0.1) is 0 Å². The molecule has 2 aromatic carbocycles. The topological polar surface area (TPSA) is 0 Å². The monoisotopic (exact) mass is 207 g/mol. The second-order valence-corrected chi connectivity index (χ2v) is 4.65. The molecule has 0 fully saturated rings. The zero-order chi connectivity index (χ0) is 11.1. The smallest absolute Gasteiger partial charge is 0.00533 e. The highest BCUT2D eigenvalue weighted by Gasteiger charge is 2.19. The SMILES string of the molecule is [CH2]C(C)C1C=Cc2cccc3cccc1c23. The molecule has 0 heterocycles. The van der Waals surface area contributed by atoms with Gasteiger partial charge in [-0.1, -0.05) is 55.5 Å². The van der Waals surface area contributed by atoms with Crippen molar-refractivity contribution in [2.75, 3.05) is 0 Å². The molecule has 0 amide bonds. The largest absolute Gasteiger partial charge is 0.0761 e. The van der Waals surface area contributed by atoms with E-state index in [9.17, 15) is 0 Å². The third kappa shape index (κ3) is 1.30. The third-order valence-electron chi connectivity index (χ3n) is 3.42. The van der Waals surface area contributed by atoms with Crippen LogP contribution in [0, 0.1) is 12.8 Å². The summed E-state index contributed by atoms with van der Waals surface area (Å²) >= 11 is 0. The van der Waals surface area contributed by atoms with Crippen molar-refractivity contribution < 1.29 is 0 Å². The molecule has 79 valence electrons. The Bertz CT molecular complexity index is 556. The van der Waals surface area contributed by atoms with E-state index in [1.54, 1.807) is 0 Å². The Kier molecular flexibility index (Phi) is 2.10. The summed E-state index contributed by atoms with van der Waals surface area (Å²) in [4.78, 5) is 0. The van der Waals surface area contributed by atoms with Crippen molar-refractivity contribution in [1.82, 2.24) is 0 Å². The van der Waals surface area contributed by atoms with Gasteiger partial charge < -0.3 is 0 Å². The number of allylic oxidation sites excluding steroid dienone is 1. The van der Waals surface area contributed by atoms with E-state index in [0.29, 0.717) is 11.8 Å². The van der Waals surface area contributed by atoms with Gasteiger partial charge in [0, 0.05) is 5.92 Å². The molecule has 16 heavy (non-hydrogen) atoms. The van der Waals surface area contributed by atoms with E-state index in [1.165, 1.54) is 21.9 Å². The fraction of sp³-hybridized carbons (Fsp3) is 0.188. The summed E-state index contributed by atoms with van der Waals surface area (Å²) in [5.41, 5.74) is 2.77. The lowest BCUT2D eigenvalue weighted by atomic mass is 9.80. The van der Waals surface area contributed by atoms with Crippen molar-refractivity contribution in [2.24, 2.45) is 5.92 Å². The van der Waals surface area contributed by atoms with Crippen molar-refractivity contribution in [1.29, 1.82) is 0 Å². The highest BCUT2D eigenvalue weighted by molar-refractivity contribution is 5.95. The Morgan fingerprint density at radius 1 is 1.12 bits per heavy atom. The molecule has 2 aromatic rings. The van der Waals surface area contributed by atoms with Gasteiger partial charge in [0.2, 0.25) is 0 Å². The Hall–Kier alpha value is -1.56. The molecular weight excluding hydrogens is 192 g/mol. The molecule has 0 N–H and O–H groups in total. The maximum absolute atomic E-state index is 4.17. The van der Waals surface area contributed by atoms with Crippen LogP contribution in [0.15, 0.2) is 42.5 Å². The normalized spacial score (nSPS) is 18.3. The van der Waals surface area contributed by atoms with Gasteiger partial charge in [0.15, 0.2) is 0 Å². The standard InChI is InChI=1S/C16H15/c1-11(2)14-10-9-13-6-3-5-12-7-4-8-15(14)16(12)13/h3-11,14H,1H2,2H3. The van der Waals surface area contributed by atoms with E-state index in [1.807, 2.05) is 0 Å². The summed E-state index contributed by atoms with van der Waals surface area (Å²) in [5.74, 6) is 0.869. The number of hydrogen-bond acceptors (Lipinski definition) is 0. The Labute approximate surface area is 96.6 Å². The van der Waals surface area contributed by atoms with Gasteiger partial charge in [0.1, 0.15) is 0 Å².